The molecule has 10 heteroatoms. The molecule has 0 radical (unpaired) electrons. The number of piperidine rings is 1. The lowest BCUT2D eigenvalue weighted by Gasteiger charge is -2.31. The van der Waals surface area contributed by atoms with Gasteiger partial charge in [-0.2, -0.15) is 5.10 Å². The summed E-state index contributed by atoms with van der Waals surface area (Å²) in [5, 5.41) is 14.0. The first-order valence-corrected chi connectivity index (χ1v) is 12.4. The number of carbonyl (C=O) groups is 2. The fourth-order valence-electron chi connectivity index (χ4n) is 4.39. The summed E-state index contributed by atoms with van der Waals surface area (Å²) < 4.78 is 7.01. The van der Waals surface area contributed by atoms with E-state index in [1.165, 1.54) is 11.3 Å². The van der Waals surface area contributed by atoms with Crippen LogP contribution in [-0.2, 0) is 7.05 Å². The van der Waals surface area contributed by atoms with Crippen LogP contribution < -0.4 is 5.32 Å². The molecule has 0 saturated carbocycles. The molecule has 4 aromatic rings. The highest BCUT2D eigenvalue weighted by Crippen LogP contribution is 2.33. The summed E-state index contributed by atoms with van der Waals surface area (Å²) in [5.41, 5.74) is 3.19. The summed E-state index contributed by atoms with van der Waals surface area (Å²) >= 11 is 1.49. The fourth-order valence-corrected chi connectivity index (χ4v) is 5.36. The molecule has 9 nitrogen and oxygen atoms in total. The Labute approximate surface area is 206 Å². The van der Waals surface area contributed by atoms with Gasteiger partial charge in [-0.15, -0.1) is 11.3 Å². The van der Waals surface area contributed by atoms with Gasteiger partial charge in [-0.1, -0.05) is 35.5 Å². The van der Waals surface area contributed by atoms with Crippen LogP contribution in [0.25, 0.3) is 11.3 Å². The minimum Gasteiger partial charge on any atom is -0.360 e. The molecule has 1 fully saturated rings. The fraction of sp³-hybridized carbons (Fsp3) is 0.320. The summed E-state index contributed by atoms with van der Waals surface area (Å²) in [6.45, 7) is 4.87. The van der Waals surface area contributed by atoms with E-state index in [1.54, 1.807) is 24.0 Å². The molecule has 5 rings (SSSR count). The molecule has 1 N–H and O–H groups in total. The lowest BCUT2D eigenvalue weighted by molar-refractivity contribution is 0.0711. The highest BCUT2D eigenvalue weighted by atomic mass is 32.1. The van der Waals surface area contributed by atoms with E-state index in [-0.39, 0.29) is 17.7 Å². The van der Waals surface area contributed by atoms with Crippen LogP contribution >= 0.6 is 11.3 Å². The van der Waals surface area contributed by atoms with Crippen molar-refractivity contribution in [1.29, 1.82) is 0 Å². The predicted molar refractivity (Wildman–Crippen MR) is 133 cm³/mol. The van der Waals surface area contributed by atoms with E-state index in [1.807, 2.05) is 48.2 Å². The van der Waals surface area contributed by atoms with E-state index < -0.39 is 0 Å². The minimum atomic E-state index is -0.250. The van der Waals surface area contributed by atoms with E-state index in [0.29, 0.717) is 41.6 Å². The van der Waals surface area contributed by atoms with Gasteiger partial charge in [0.05, 0.1) is 10.7 Å². The second-order valence-electron chi connectivity index (χ2n) is 8.71. The van der Waals surface area contributed by atoms with Crippen molar-refractivity contribution in [3.8, 4) is 11.3 Å². The summed E-state index contributed by atoms with van der Waals surface area (Å²) in [6, 6.07) is 11.4. The average Bonchev–Trinajstić information content (AvgIpc) is 3.58. The van der Waals surface area contributed by atoms with E-state index in [9.17, 15) is 9.59 Å². The molecule has 1 aliphatic heterocycles. The van der Waals surface area contributed by atoms with Gasteiger partial charge in [0.2, 0.25) is 0 Å². The molecule has 2 amide bonds. The van der Waals surface area contributed by atoms with Gasteiger partial charge < -0.3 is 14.7 Å². The molecule has 4 heterocycles. The number of hydrogen-bond donors (Lipinski definition) is 1. The summed E-state index contributed by atoms with van der Waals surface area (Å²) in [7, 11) is 1.79. The quantitative estimate of drug-likeness (QED) is 0.444. The Bertz CT molecular complexity index is 1370. The van der Waals surface area contributed by atoms with Gasteiger partial charge in [0.1, 0.15) is 28.5 Å². The van der Waals surface area contributed by atoms with Crippen molar-refractivity contribution in [2.45, 2.75) is 32.6 Å². The number of nitrogens with one attached hydrogen (secondary N) is 1. The van der Waals surface area contributed by atoms with Crippen molar-refractivity contribution >= 4 is 29.0 Å². The summed E-state index contributed by atoms with van der Waals surface area (Å²) in [6.07, 6.45) is 1.57. The number of aryl methyl sites for hydroxylation is 3. The standard InChI is InChI=1S/C25H26N6O3S/c1-15-13-20(30(3)28-15)27-23(32)19-14-35-24(26-19)18-9-11-31(12-10-18)25(33)21-16(2)34-29-22(21)17-7-5-4-6-8-17/h4-8,13-14,18H,9-12H2,1-3H3,(H,27,32). The number of anilines is 1. The Morgan fingerprint density at radius 3 is 2.57 bits per heavy atom. The molecular weight excluding hydrogens is 464 g/mol. The third kappa shape index (κ3) is 4.61. The zero-order chi connectivity index (χ0) is 24.5. The number of amides is 2. The maximum absolute atomic E-state index is 13.4. The maximum atomic E-state index is 13.4. The molecule has 0 atom stereocenters. The molecule has 1 saturated heterocycles. The van der Waals surface area contributed by atoms with Crippen molar-refractivity contribution in [2.24, 2.45) is 7.05 Å². The van der Waals surface area contributed by atoms with Crippen LogP contribution in [0.1, 0.15) is 56.1 Å². The third-order valence-corrected chi connectivity index (χ3v) is 7.26. The topological polar surface area (TPSA) is 106 Å². The zero-order valence-corrected chi connectivity index (χ0v) is 20.6. The highest BCUT2D eigenvalue weighted by Gasteiger charge is 2.31. The average molecular weight is 491 g/mol. The molecule has 1 aromatic carbocycles. The number of thiazole rings is 1. The lowest BCUT2D eigenvalue weighted by atomic mass is 9.96. The van der Waals surface area contributed by atoms with Gasteiger partial charge in [0, 0.05) is 43.1 Å². The van der Waals surface area contributed by atoms with Crippen LogP contribution in [-0.4, -0.2) is 49.7 Å². The molecule has 180 valence electrons. The van der Waals surface area contributed by atoms with E-state index >= 15 is 0 Å². The molecule has 0 bridgehead atoms. The van der Waals surface area contributed by atoms with Crippen molar-refractivity contribution in [1.82, 2.24) is 24.8 Å². The van der Waals surface area contributed by atoms with E-state index in [0.717, 1.165) is 29.1 Å². The van der Waals surface area contributed by atoms with E-state index in [2.05, 4.69) is 20.6 Å². The van der Waals surface area contributed by atoms with Crippen LogP contribution in [0.3, 0.4) is 0 Å². The Hall–Kier alpha value is -3.79. The maximum Gasteiger partial charge on any atom is 0.276 e. The number of benzene rings is 1. The second kappa shape index (κ2) is 9.46. The van der Waals surface area contributed by atoms with Crippen LogP contribution in [0.15, 0.2) is 46.3 Å². The molecule has 3 aromatic heterocycles. The molecule has 0 spiro atoms. The SMILES string of the molecule is Cc1cc(NC(=O)c2csc(C3CCN(C(=O)c4c(-c5ccccc5)noc4C)CC3)n2)n(C)n1. The van der Waals surface area contributed by atoms with Gasteiger partial charge in [0.15, 0.2) is 0 Å². The first-order valence-electron chi connectivity index (χ1n) is 11.5. The highest BCUT2D eigenvalue weighted by molar-refractivity contribution is 7.10. The number of carbonyl (C=O) groups excluding carboxylic acids is 2. The largest absolute Gasteiger partial charge is 0.360 e. The van der Waals surface area contributed by atoms with Crippen LogP contribution in [0.4, 0.5) is 5.82 Å². The molecule has 0 aliphatic carbocycles. The number of rotatable bonds is 5. The second-order valence-corrected chi connectivity index (χ2v) is 9.60. The normalized spacial score (nSPS) is 14.3. The molecule has 1 aliphatic rings. The van der Waals surface area contributed by atoms with Gasteiger partial charge in [0.25, 0.3) is 11.8 Å². The Morgan fingerprint density at radius 2 is 1.89 bits per heavy atom. The smallest absolute Gasteiger partial charge is 0.276 e. The molecule has 0 unspecified atom stereocenters. The Balaban J connectivity index is 1.24. The van der Waals surface area contributed by atoms with Crippen molar-refractivity contribution in [2.75, 3.05) is 18.4 Å². The summed E-state index contributed by atoms with van der Waals surface area (Å²) in [5.74, 6) is 1.05. The van der Waals surface area contributed by atoms with Crippen molar-refractivity contribution in [3.05, 3.63) is 69.5 Å². The van der Waals surface area contributed by atoms with Crippen molar-refractivity contribution < 1.29 is 14.1 Å². The number of hydrogen-bond acceptors (Lipinski definition) is 7. The molecular formula is C25H26N6O3S. The number of nitrogens with zero attached hydrogens (tertiary/aromatic N) is 5. The predicted octanol–water partition coefficient (Wildman–Crippen LogP) is 4.42. The van der Waals surface area contributed by atoms with Crippen molar-refractivity contribution in [3.63, 3.8) is 0 Å². The van der Waals surface area contributed by atoms with Crippen LogP contribution in [0.5, 0.6) is 0 Å². The van der Waals surface area contributed by atoms with Gasteiger partial charge in [-0.25, -0.2) is 4.98 Å². The summed E-state index contributed by atoms with van der Waals surface area (Å²) in [4.78, 5) is 32.5. The Kier molecular flexibility index (Phi) is 6.21. The van der Waals surface area contributed by atoms with Gasteiger partial charge in [-0.3, -0.25) is 14.3 Å². The van der Waals surface area contributed by atoms with E-state index in [4.69, 9.17) is 4.52 Å². The van der Waals surface area contributed by atoms with Gasteiger partial charge >= 0.3 is 0 Å². The number of likely N-dealkylation sites (tertiary alicyclic amines) is 1. The first kappa shape index (κ1) is 23.0. The number of aromatic nitrogens is 4. The van der Waals surface area contributed by atoms with Crippen LogP contribution in [0, 0.1) is 13.8 Å². The van der Waals surface area contributed by atoms with Crippen LogP contribution in [0.2, 0.25) is 0 Å². The molecule has 35 heavy (non-hydrogen) atoms. The lowest BCUT2D eigenvalue weighted by Crippen LogP contribution is -2.38. The monoisotopic (exact) mass is 490 g/mol. The Morgan fingerprint density at radius 1 is 1.14 bits per heavy atom. The van der Waals surface area contributed by atoms with Gasteiger partial charge in [-0.05, 0) is 26.7 Å². The zero-order valence-electron chi connectivity index (χ0n) is 19.8. The first-order chi connectivity index (χ1) is 16.9. The third-order valence-electron chi connectivity index (χ3n) is 6.25. The minimum absolute atomic E-state index is 0.0632.